The van der Waals surface area contributed by atoms with Crippen molar-refractivity contribution in [1.82, 2.24) is 25.6 Å². The Bertz CT molecular complexity index is 2920. The molecule has 1 spiro atoms. The minimum absolute atomic E-state index is 0.101. The number of hydrogen-bond acceptors (Lipinski definition) is 9. The maximum atomic E-state index is 15.1. The van der Waals surface area contributed by atoms with Crippen molar-refractivity contribution in [3.8, 4) is 39.8 Å². The molecule has 5 atom stereocenters. The van der Waals surface area contributed by atoms with Gasteiger partial charge in [-0.05, 0) is 29.2 Å². The zero-order valence-electron chi connectivity index (χ0n) is 32.2. The van der Waals surface area contributed by atoms with Crippen LogP contribution in [0.5, 0.6) is 5.75 Å². The molecule has 12 nitrogen and oxygen atoms in total. The lowest BCUT2D eigenvalue weighted by atomic mass is 9.72. The van der Waals surface area contributed by atoms with E-state index in [2.05, 4.69) is 27.0 Å². The summed E-state index contributed by atoms with van der Waals surface area (Å²) in [6.45, 7) is 3.70. The molecule has 0 saturated carbocycles. The molecule has 0 radical (unpaired) electrons. The SMILES string of the molecule is COC(C(=O)N[C@H]1Cc2ccc3c(c2)C24c5cccc(c5NC2O3)-c2cccc3[nH]cc(c23)-c2cnc(o2)-c2nc(oc24)[C@H](C(C)C)NC1=O)(c1ccccc1)C(F)(F)F. The summed E-state index contributed by atoms with van der Waals surface area (Å²) >= 11 is 0. The summed E-state index contributed by atoms with van der Waals surface area (Å²) < 4.78 is 70.7. The van der Waals surface area contributed by atoms with E-state index in [-0.39, 0.29) is 29.8 Å². The van der Waals surface area contributed by atoms with Crippen LogP contribution in [0.15, 0.2) is 106 Å². The first-order valence-electron chi connectivity index (χ1n) is 19.5. The van der Waals surface area contributed by atoms with Gasteiger partial charge in [-0.15, -0.1) is 0 Å². The number of hydrogen-bond donors (Lipinski definition) is 4. The van der Waals surface area contributed by atoms with E-state index in [4.69, 9.17) is 28.3 Å². The number of H-pyrrole nitrogens is 1. The third-order valence-electron chi connectivity index (χ3n) is 12.3. The maximum Gasteiger partial charge on any atom is 0.430 e. The first-order valence-corrected chi connectivity index (χ1v) is 19.5. The molecule has 7 heterocycles. The zero-order valence-corrected chi connectivity index (χ0v) is 32.2. The number of carbonyl (C=O) groups is 2. The number of fused-ring (bicyclic) bond motifs is 7. The van der Waals surface area contributed by atoms with Crippen LogP contribution in [0.4, 0.5) is 18.9 Å². The highest BCUT2D eigenvalue weighted by Crippen LogP contribution is 2.61. The predicted octanol–water partition coefficient (Wildman–Crippen LogP) is 7.90. The van der Waals surface area contributed by atoms with Gasteiger partial charge in [0.15, 0.2) is 23.4 Å². The van der Waals surface area contributed by atoms with Crippen molar-refractivity contribution < 1.29 is 41.1 Å². The van der Waals surface area contributed by atoms with Crippen LogP contribution in [0.3, 0.4) is 0 Å². The van der Waals surface area contributed by atoms with Gasteiger partial charge in [0, 0.05) is 64.1 Å². The maximum absolute atomic E-state index is 15.1. The summed E-state index contributed by atoms with van der Waals surface area (Å²) in [4.78, 5) is 41.9. The number of benzene rings is 4. The molecule has 0 aliphatic carbocycles. The number of oxazole rings is 2. The molecule has 7 aromatic rings. The van der Waals surface area contributed by atoms with Gasteiger partial charge in [-0.2, -0.15) is 13.2 Å². The fourth-order valence-corrected chi connectivity index (χ4v) is 9.54. The number of nitrogens with one attached hydrogen (secondary N) is 4. The predicted molar refractivity (Wildman–Crippen MR) is 212 cm³/mol. The Balaban J connectivity index is 1.15. The second-order valence-corrected chi connectivity index (χ2v) is 15.9. The molecule has 11 rings (SSSR count). The van der Waals surface area contributed by atoms with Crippen LogP contribution in [0, 0.1) is 5.92 Å². The molecule has 4 aromatic carbocycles. The first-order chi connectivity index (χ1) is 28.9. The second-order valence-electron chi connectivity index (χ2n) is 15.9. The summed E-state index contributed by atoms with van der Waals surface area (Å²) in [5, 5.41) is 10.0. The Morgan fingerprint density at radius 3 is 2.53 bits per heavy atom. The van der Waals surface area contributed by atoms with Gasteiger partial charge < -0.3 is 39.2 Å². The first kappa shape index (κ1) is 36.2. The van der Waals surface area contributed by atoms with Gasteiger partial charge in [0.25, 0.3) is 11.5 Å². The lowest BCUT2D eigenvalue weighted by molar-refractivity contribution is -0.266. The van der Waals surface area contributed by atoms with E-state index >= 15 is 13.2 Å². The number of aromatic amines is 1. The van der Waals surface area contributed by atoms with Crippen molar-refractivity contribution in [3.63, 3.8) is 0 Å². The fourth-order valence-electron chi connectivity index (χ4n) is 9.54. The van der Waals surface area contributed by atoms with E-state index in [0.29, 0.717) is 28.4 Å². The third-order valence-corrected chi connectivity index (χ3v) is 12.3. The van der Waals surface area contributed by atoms with Gasteiger partial charge in [0.2, 0.25) is 17.7 Å². The quantitative estimate of drug-likeness (QED) is 0.136. The number of carbonyl (C=O) groups excluding carboxylic acids is 2. The number of para-hydroxylation sites is 1. The van der Waals surface area contributed by atoms with Crippen LogP contribution < -0.4 is 20.7 Å². The minimum atomic E-state index is -5.20. The average molecular weight is 813 g/mol. The van der Waals surface area contributed by atoms with Gasteiger partial charge in [0.05, 0.1) is 6.20 Å². The van der Waals surface area contributed by atoms with Gasteiger partial charge in [0.1, 0.15) is 23.2 Å². The Morgan fingerprint density at radius 1 is 0.950 bits per heavy atom. The molecule has 2 amide bonds. The van der Waals surface area contributed by atoms with Crippen LogP contribution in [-0.4, -0.2) is 52.3 Å². The molecular formula is C45H35F3N6O6. The molecule has 60 heavy (non-hydrogen) atoms. The van der Waals surface area contributed by atoms with Gasteiger partial charge >= 0.3 is 6.18 Å². The van der Waals surface area contributed by atoms with Crippen molar-refractivity contribution in [1.29, 1.82) is 0 Å². The van der Waals surface area contributed by atoms with Crippen LogP contribution in [0.25, 0.3) is 44.9 Å². The summed E-state index contributed by atoms with van der Waals surface area (Å²) in [6, 6.07) is 21.6. The van der Waals surface area contributed by atoms with Crippen molar-refractivity contribution in [3.05, 3.63) is 131 Å². The number of methoxy groups -OCH3 is 1. The number of rotatable bonds is 5. The summed E-state index contributed by atoms with van der Waals surface area (Å²) in [6.07, 6.45) is -2.64. The number of halogens is 3. The molecule has 4 N–H and O–H groups in total. The summed E-state index contributed by atoms with van der Waals surface area (Å²) in [7, 11) is 0.818. The van der Waals surface area contributed by atoms with Crippen molar-refractivity contribution in [2.24, 2.45) is 5.92 Å². The number of alkyl halides is 3. The lowest BCUT2D eigenvalue weighted by Crippen LogP contribution is -2.60. The highest BCUT2D eigenvalue weighted by Gasteiger charge is 2.64. The Labute approximate surface area is 339 Å². The van der Waals surface area contributed by atoms with E-state index in [9.17, 15) is 9.59 Å². The molecule has 0 saturated heterocycles. The number of nitrogens with zero attached hydrogens (tertiary/aromatic N) is 2. The van der Waals surface area contributed by atoms with Gasteiger partial charge in [-0.3, -0.25) is 9.59 Å². The molecule has 4 aliphatic rings. The van der Waals surface area contributed by atoms with Crippen LogP contribution >= 0.6 is 0 Å². The van der Waals surface area contributed by atoms with Crippen LogP contribution in [-0.2, 0) is 31.8 Å². The third kappa shape index (κ3) is 4.77. The normalized spacial score (nSPS) is 21.9. The minimum Gasteiger partial charge on any atom is -0.469 e. The van der Waals surface area contributed by atoms with E-state index in [1.807, 2.05) is 56.4 Å². The Kier molecular flexibility index (Phi) is 7.59. The number of aromatic nitrogens is 3. The smallest absolute Gasteiger partial charge is 0.430 e. The Hall–Kier alpha value is -6.87. The van der Waals surface area contributed by atoms with Crippen LogP contribution in [0.2, 0.25) is 0 Å². The topological polar surface area (TPSA) is 157 Å². The molecule has 4 aliphatic heterocycles. The van der Waals surface area contributed by atoms with Crippen molar-refractivity contribution in [2.45, 2.75) is 55.8 Å². The average Bonchev–Trinajstić information content (AvgIpc) is 4.06. The van der Waals surface area contributed by atoms with E-state index < -0.39 is 52.9 Å². The lowest BCUT2D eigenvalue weighted by Gasteiger charge is -2.35. The van der Waals surface area contributed by atoms with Crippen molar-refractivity contribution >= 4 is 28.4 Å². The highest BCUT2D eigenvalue weighted by molar-refractivity contribution is 6.07. The molecule has 302 valence electrons. The zero-order chi connectivity index (χ0) is 41.3. The fraction of sp³-hybridized carbons (Fsp3) is 0.244. The molecule has 10 bridgehead atoms. The van der Waals surface area contributed by atoms with Crippen LogP contribution in [0.1, 0.15) is 53.8 Å². The second kappa shape index (κ2) is 12.6. The van der Waals surface area contributed by atoms with Gasteiger partial charge in [-0.1, -0.05) is 86.6 Å². The molecular weight excluding hydrogens is 778 g/mol. The molecule has 3 unspecified atom stereocenters. The van der Waals surface area contributed by atoms with Gasteiger partial charge in [-0.25, -0.2) is 9.97 Å². The monoisotopic (exact) mass is 812 g/mol. The number of ether oxygens (including phenoxy) is 2. The molecule has 15 heteroatoms. The Morgan fingerprint density at radius 2 is 1.75 bits per heavy atom. The highest BCUT2D eigenvalue weighted by atomic mass is 19.4. The standard InChI is InChI=1S/C45H35F3N6O6/c1-21(2)34-40-53-36-37(60-40)43-27-13-7-12-25(24-11-8-14-29-33(24)26(19-49-29)32-20-50-39(36)58-32)35(27)54-42(43)59-31-16-15-22(17-28(31)43)18-30(38(55)52-34)51-41(56)44(57-3,45(46,47)48)23-9-5-4-6-10-23/h4-17,19-21,30,34,42,49,54H,18H2,1-3H3,(H,51,56)(H,52,55)/t30-,34-,42?,43?,44?/m0/s1. The van der Waals surface area contributed by atoms with E-state index in [0.717, 1.165) is 58.1 Å². The molecule has 3 aromatic heterocycles. The summed E-state index contributed by atoms with van der Waals surface area (Å²) in [5.74, 6) is -1.04. The molecule has 0 fully saturated rings. The summed E-state index contributed by atoms with van der Waals surface area (Å²) in [5.41, 5.74) is 1.53. The number of anilines is 1. The largest absolute Gasteiger partial charge is 0.469 e. The van der Waals surface area contributed by atoms with E-state index in [1.54, 1.807) is 18.3 Å². The number of amides is 2. The van der Waals surface area contributed by atoms with E-state index in [1.165, 1.54) is 18.2 Å². The van der Waals surface area contributed by atoms with Crippen molar-refractivity contribution in [2.75, 3.05) is 12.4 Å².